The van der Waals surface area contributed by atoms with Crippen LogP contribution in [0, 0.1) is 0 Å². The Labute approximate surface area is 250 Å². The van der Waals surface area contributed by atoms with Crippen LogP contribution in [-0.2, 0) is 28.9 Å². The zero-order valence-electron chi connectivity index (χ0n) is 24.7. The summed E-state index contributed by atoms with van der Waals surface area (Å²) in [4.78, 5) is 18.5. The number of ether oxygens (including phenoxy) is 4. The molecular formula is C35H37N3O5. The van der Waals surface area contributed by atoms with Crippen LogP contribution in [0.1, 0.15) is 29.5 Å². The molecule has 0 radical (unpaired) electrons. The van der Waals surface area contributed by atoms with Crippen molar-refractivity contribution in [2.45, 2.75) is 44.3 Å². The maximum Gasteiger partial charge on any atom is 0.323 e. The van der Waals surface area contributed by atoms with E-state index in [1.54, 1.807) is 14.2 Å². The minimum atomic E-state index is -0.750. The van der Waals surface area contributed by atoms with Crippen LogP contribution >= 0.6 is 0 Å². The standard InChI is InChI=1S/C35H37N3O5/c1-40-33-17-28-26-15-22-6-5-11-38(22)20-30(26)25-10-9-23(16-27(25)29(28)18-34(33)41-2)42-12-13-43-35(39)31(36)14-21-19-37-32-8-4-3-7-24(21)32/h3-4,7-10,16-19,22,31,37H,5-6,11-15,20,36H2,1-2H3/t22-,31+/m1/s1. The maximum absolute atomic E-state index is 12.6. The van der Waals surface area contributed by atoms with Crippen molar-refractivity contribution in [1.29, 1.82) is 0 Å². The molecule has 3 heterocycles. The predicted octanol–water partition coefficient (Wildman–Crippen LogP) is 5.50. The zero-order chi connectivity index (χ0) is 29.5. The molecule has 2 aliphatic rings. The minimum absolute atomic E-state index is 0.116. The van der Waals surface area contributed by atoms with Gasteiger partial charge in [-0.05, 0) is 94.4 Å². The Morgan fingerprint density at radius 2 is 1.74 bits per heavy atom. The monoisotopic (exact) mass is 579 g/mol. The van der Waals surface area contributed by atoms with Gasteiger partial charge in [0.15, 0.2) is 11.5 Å². The highest BCUT2D eigenvalue weighted by Crippen LogP contribution is 2.44. The summed E-state index contributed by atoms with van der Waals surface area (Å²) >= 11 is 0. The van der Waals surface area contributed by atoms with Gasteiger partial charge in [-0.25, -0.2) is 0 Å². The van der Waals surface area contributed by atoms with E-state index in [2.05, 4.69) is 34.1 Å². The molecule has 2 aliphatic heterocycles. The predicted molar refractivity (Wildman–Crippen MR) is 168 cm³/mol. The smallest absolute Gasteiger partial charge is 0.323 e. The third kappa shape index (κ3) is 5.04. The van der Waals surface area contributed by atoms with Gasteiger partial charge in [0.25, 0.3) is 0 Å². The number of carbonyl (C=O) groups is 1. The molecule has 0 unspecified atom stereocenters. The number of para-hydroxylation sites is 1. The molecule has 0 aliphatic carbocycles. The van der Waals surface area contributed by atoms with Crippen LogP contribution < -0.4 is 19.9 Å². The highest BCUT2D eigenvalue weighted by molar-refractivity contribution is 6.12. The molecule has 2 atom stereocenters. The van der Waals surface area contributed by atoms with Gasteiger partial charge in [0.2, 0.25) is 0 Å². The molecule has 222 valence electrons. The van der Waals surface area contributed by atoms with Crippen molar-refractivity contribution in [3.63, 3.8) is 0 Å². The molecule has 0 amide bonds. The first-order valence-corrected chi connectivity index (χ1v) is 15.0. The van der Waals surface area contributed by atoms with E-state index in [1.165, 1.54) is 34.7 Å². The lowest BCUT2D eigenvalue weighted by Crippen LogP contribution is -2.35. The molecule has 8 heteroatoms. The average Bonchev–Trinajstić information content (AvgIpc) is 3.68. The summed E-state index contributed by atoms with van der Waals surface area (Å²) in [5.41, 5.74) is 11.0. The van der Waals surface area contributed by atoms with E-state index in [-0.39, 0.29) is 13.2 Å². The Morgan fingerprint density at radius 1 is 0.953 bits per heavy atom. The molecule has 7 rings (SSSR count). The van der Waals surface area contributed by atoms with Crippen molar-refractivity contribution in [3.8, 4) is 17.2 Å². The van der Waals surface area contributed by atoms with Crippen molar-refractivity contribution in [1.82, 2.24) is 9.88 Å². The second kappa shape index (κ2) is 11.4. The van der Waals surface area contributed by atoms with E-state index in [0.29, 0.717) is 18.2 Å². The van der Waals surface area contributed by atoms with E-state index >= 15 is 0 Å². The summed E-state index contributed by atoms with van der Waals surface area (Å²) in [6.45, 7) is 2.45. The van der Waals surface area contributed by atoms with Gasteiger partial charge < -0.3 is 29.7 Å². The van der Waals surface area contributed by atoms with Gasteiger partial charge in [-0.1, -0.05) is 24.3 Å². The molecule has 0 saturated carbocycles. The van der Waals surface area contributed by atoms with Crippen LogP contribution in [-0.4, -0.2) is 61.9 Å². The average molecular weight is 580 g/mol. The number of hydrogen-bond acceptors (Lipinski definition) is 7. The van der Waals surface area contributed by atoms with Crippen LogP contribution in [0.5, 0.6) is 17.2 Å². The highest BCUT2D eigenvalue weighted by atomic mass is 16.6. The molecule has 1 saturated heterocycles. The number of nitrogens with two attached hydrogens (primary N) is 1. The number of benzene rings is 4. The van der Waals surface area contributed by atoms with Crippen molar-refractivity contribution >= 4 is 38.4 Å². The zero-order valence-corrected chi connectivity index (χ0v) is 24.7. The summed E-state index contributed by atoms with van der Waals surface area (Å²) in [7, 11) is 3.35. The molecule has 0 bridgehead atoms. The SMILES string of the molecule is COc1cc2c3c(c4ccc(OCCOC(=O)[C@@H](N)Cc5c[nH]c6ccccc56)cc4c2cc1OC)CN1CCC[C@@H]1C3. The van der Waals surface area contributed by atoms with E-state index in [9.17, 15) is 4.79 Å². The fourth-order valence-electron chi connectivity index (χ4n) is 6.99. The molecule has 0 spiro atoms. The molecule has 5 aromatic rings. The quantitative estimate of drug-likeness (QED) is 0.135. The minimum Gasteiger partial charge on any atom is -0.493 e. The topological polar surface area (TPSA) is 99.0 Å². The lowest BCUT2D eigenvalue weighted by Gasteiger charge is -2.33. The summed E-state index contributed by atoms with van der Waals surface area (Å²) < 4.78 is 22.9. The molecular weight excluding hydrogens is 542 g/mol. The first kappa shape index (κ1) is 27.6. The Balaban J connectivity index is 1.09. The van der Waals surface area contributed by atoms with Crippen LogP contribution in [0.25, 0.3) is 32.4 Å². The summed E-state index contributed by atoms with van der Waals surface area (Å²) in [6, 6.07) is 18.3. The van der Waals surface area contributed by atoms with Crippen molar-refractivity contribution < 1.29 is 23.7 Å². The summed E-state index contributed by atoms with van der Waals surface area (Å²) in [6.07, 6.45) is 5.85. The Kier molecular flexibility index (Phi) is 7.33. The van der Waals surface area contributed by atoms with E-state index < -0.39 is 12.0 Å². The normalized spacial score (nSPS) is 17.1. The van der Waals surface area contributed by atoms with Crippen LogP contribution in [0.3, 0.4) is 0 Å². The van der Waals surface area contributed by atoms with Gasteiger partial charge in [0.05, 0.1) is 14.2 Å². The van der Waals surface area contributed by atoms with Gasteiger partial charge in [-0.2, -0.15) is 0 Å². The molecule has 1 aromatic heterocycles. The largest absolute Gasteiger partial charge is 0.493 e. The van der Waals surface area contributed by atoms with Crippen molar-refractivity contribution in [2.24, 2.45) is 5.73 Å². The van der Waals surface area contributed by atoms with Gasteiger partial charge >= 0.3 is 5.97 Å². The van der Waals surface area contributed by atoms with Gasteiger partial charge in [0, 0.05) is 36.1 Å². The van der Waals surface area contributed by atoms with E-state index in [0.717, 1.165) is 58.2 Å². The number of aromatic amines is 1. The lowest BCUT2D eigenvalue weighted by atomic mass is 9.85. The lowest BCUT2D eigenvalue weighted by molar-refractivity contribution is -0.145. The Hall–Kier alpha value is -4.27. The Bertz CT molecular complexity index is 1830. The number of hydrogen-bond donors (Lipinski definition) is 2. The number of carbonyl (C=O) groups excluding carboxylic acids is 1. The fourth-order valence-corrected chi connectivity index (χ4v) is 6.99. The number of rotatable bonds is 9. The number of nitrogens with zero attached hydrogens (tertiary/aromatic N) is 1. The number of esters is 1. The maximum atomic E-state index is 12.6. The first-order chi connectivity index (χ1) is 21.0. The molecule has 3 N–H and O–H groups in total. The van der Waals surface area contributed by atoms with Crippen LogP contribution in [0.4, 0.5) is 0 Å². The van der Waals surface area contributed by atoms with Gasteiger partial charge in [0.1, 0.15) is 25.0 Å². The third-order valence-corrected chi connectivity index (χ3v) is 9.13. The van der Waals surface area contributed by atoms with Gasteiger partial charge in [-0.15, -0.1) is 0 Å². The molecule has 43 heavy (non-hydrogen) atoms. The van der Waals surface area contributed by atoms with Crippen LogP contribution in [0.15, 0.2) is 60.8 Å². The number of fused-ring (bicyclic) bond motifs is 8. The first-order valence-electron chi connectivity index (χ1n) is 15.0. The van der Waals surface area contributed by atoms with Gasteiger partial charge in [-0.3, -0.25) is 9.69 Å². The summed E-state index contributed by atoms with van der Waals surface area (Å²) in [5, 5.41) is 5.75. The van der Waals surface area contributed by atoms with E-state index in [4.69, 9.17) is 24.7 Å². The second-order valence-corrected chi connectivity index (χ2v) is 11.6. The number of aromatic nitrogens is 1. The second-order valence-electron chi connectivity index (χ2n) is 11.6. The number of H-pyrrole nitrogens is 1. The van der Waals surface area contributed by atoms with Crippen molar-refractivity contribution in [3.05, 3.63) is 77.5 Å². The molecule has 1 fully saturated rings. The molecule has 8 nitrogen and oxygen atoms in total. The molecule has 4 aromatic carbocycles. The van der Waals surface area contributed by atoms with Crippen molar-refractivity contribution in [2.75, 3.05) is 34.0 Å². The fraction of sp³-hybridized carbons (Fsp3) is 0.343. The highest BCUT2D eigenvalue weighted by Gasteiger charge is 2.32. The summed E-state index contributed by atoms with van der Waals surface area (Å²) in [5.74, 6) is 1.73. The Morgan fingerprint density at radius 3 is 2.58 bits per heavy atom. The van der Waals surface area contributed by atoms with Crippen LogP contribution in [0.2, 0.25) is 0 Å². The van der Waals surface area contributed by atoms with E-state index in [1.807, 2.05) is 36.5 Å². The number of nitrogens with one attached hydrogen (secondary N) is 1. The number of methoxy groups -OCH3 is 2. The third-order valence-electron chi connectivity index (χ3n) is 9.13.